The molecule has 0 bridgehead atoms. The first-order valence-electron chi connectivity index (χ1n) is 8.63. The number of amides is 2. The maximum absolute atomic E-state index is 12.4. The zero-order valence-corrected chi connectivity index (χ0v) is 16.7. The highest BCUT2D eigenvalue weighted by molar-refractivity contribution is 7.89. The van der Waals surface area contributed by atoms with Crippen LogP contribution in [0.15, 0.2) is 35.2 Å². The minimum Gasteiger partial charge on any atom is -0.312 e. The molecule has 1 aliphatic rings. The van der Waals surface area contributed by atoms with Crippen LogP contribution in [0.3, 0.4) is 0 Å². The summed E-state index contributed by atoms with van der Waals surface area (Å²) in [5, 5.41) is 0. The molecular weight excluding hydrogens is 386 g/mol. The molecule has 27 heavy (non-hydrogen) atoms. The molecule has 1 aliphatic heterocycles. The van der Waals surface area contributed by atoms with E-state index in [2.05, 4.69) is 10.3 Å². The molecule has 0 unspecified atom stereocenters. The highest BCUT2D eigenvalue weighted by Crippen LogP contribution is 2.23. The number of sulfonamides is 1. The van der Waals surface area contributed by atoms with Crippen molar-refractivity contribution >= 4 is 38.9 Å². The van der Waals surface area contributed by atoms with E-state index in [1.54, 1.807) is 23.1 Å². The number of hydrazine groups is 1. The van der Waals surface area contributed by atoms with E-state index in [9.17, 15) is 18.0 Å². The van der Waals surface area contributed by atoms with Crippen molar-refractivity contribution in [3.63, 3.8) is 0 Å². The normalized spacial score (nSPS) is 14.6. The van der Waals surface area contributed by atoms with Gasteiger partial charge in [0.15, 0.2) is 0 Å². The van der Waals surface area contributed by atoms with Gasteiger partial charge in [0, 0.05) is 23.5 Å². The van der Waals surface area contributed by atoms with Crippen LogP contribution in [0.5, 0.6) is 0 Å². The number of carbonyl (C=O) groups is 2. The molecule has 1 aromatic heterocycles. The van der Waals surface area contributed by atoms with Crippen molar-refractivity contribution in [2.24, 2.45) is 0 Å². The van der Waals surface area contributed by atoms with Gasteiger partial charge in [-0.25, -0.2) is 8.42 Å². The van der Waals surface area contributed by atoms with Crippen LogP contribution in [-0.2, 0) is 21.2 Å². The van der Waals surface area contributed by atoms with Gasteiger partial charge in [-0.15, -0.1) is 16.2 Å². The largest absolute Gasteiger partial charge is 0.312 e. The molecule has 2 N–H and O–H groups in total. The molecule has 2 heterocycles. The fraction of sp³-hybridized carbons (Fsp3) is 0.333. The third kappa shape index (κ3) is 4.20. The van der Waals surface area contributed by atoms with Crippen LogP contribution in [-0.4, -0.2) is 26.8 Å². The van der Waals surface area contributed by atoms with Crippen molar-refractivity contribution in [3.05, 3.63) is 45.6 Å². The molecule has 0 spiro atoms. The van der Waals surface area contributed by atoms with Gasteiger partial charge in [-0.2, -0.15) is 0 Å². The lowest BCUT2D eigenvalue weighted by Crippen LogP contribution is -2.41. The van der Waals surface area contributed by atoms with E-state index >= 15 is 0 Å². The second-order valence-electron chi connectivity index (χ2n) is 6.27. The molecule has 0 saturated carbocycles. The van der Waals surface area contributed by atoms with E-state index in [0.29, 0.717) is 23.5 Å². The Hall–Kier alpha value is -2.23. The first kappa shape index (κ1) is 19.5. The van der Waals surface area contributed by atoms with Gasteiger partial charge < -0.3 is 4.90 Å². The Kier molecular flexibility index (Phi) is 5.64. The molecule has 2 amide bonds. The summed E-state index contributed by atoms with van der Waals surface area (Å²) in [4.78, 5) is 29.3. The van der Waals surface area contributed by atoms with Gasteiger partial charge >= 0.3 is 0 Å². The third-order valence-corrected chi connectivity index (χ3v) is 7.04. The van der Waals surface area contributed by atoms with Crippen LogP contribution in [0, 0.1) is 6.92 Å². The Balaban J connectivity index is 1.67. The van der Waals surface area contributed by atoms with Gasteiger partial charge in [0.2, 0.25) is 5.91 Å². The summed E-state index contributed by atoms with van der Waals surface area (Å²) in [7, 11) is -3.91. The molecular formula is C18H21N3O4S2. The molecule has 7 nitrogen and oxygen atoms in total. The number of benzene rings is 1. The summed E-state index contributed by atoms with van der Waals surface area (Å²) in [6, 6.07) is 7.76. The zero-order chi connectivity index (χ0) is 19.6. The maximum atomic E-state index is 12.4. The molecule has 3 rings (SSSR count). The first-order valence-corrected chi connectivity index (χ1v) is 10.9. The summed E-state index contributed by atoms with van der Waals surface area (Å²) < 4.78 is 24.8. The number of rotatable bonds is 6. The predicted octanol–water partition coefficient (Wildman–Crippen LogP) is 2.37. The average molecular weight is 408 g/mol. The van der Waals surface area contributed by atoms with Crippen LogP contribution in [0.25, 0.3) is 0 Å². The smallest absolute Gasteiger partial charge is 0.276 e. The second-order valence-corrected chi connectivity index (χ2v) is 9.09. The lowest BCUT2D eigenvalue weighted by molar-refractivity contribution is -0.117. The SMILES string of the molecule is CCc1sc(C(=O)NNS(=O)(=O)c2ccc(N3CCCC3=O)cc2)cc1C. The number of anilines is 1. The van der Waals surface area contributed by atoms with Crippen molar-refractivity contribution in [3.8, 4) is 0 Å². The lowest BCUT2D eigenvalue weighted by Gasteiger charge is -2.16. The van der Waals surface area contributed by atoms with Crippen LogP contribution in [0.2, 0.25) is 0 Å². The van der Waals surface area contributed by atoms with E-state index in [4.69, 9.17) is 0 Å². The number of hydrogen-bond donors (Lipinski definition) is 2. The lowest BCUT2D eigenvalue weighted by atomic mass is 10.2. The third-order valence-electron chi connectivity index (χ3n) is 4.40. The highest BCUT2D eigenvalue weighted by atomic mass is 32.2. The standard InChI is InChI=1S/C18H21N3O4S2/c1-3-15-12(2)11-16(26-15)18(23)19-20-27(24,25)14-8-6-13(7-9-14)21-10-4-5-17(21)22/h6-9,11,20H,3-5,10H2,1-2H3,(H,19,23). The topological polar surface area (TPSA) is 95.6 Å². The monoisotopic (exact) mass is 407 g/mol. The van der Waals surface area contributed by atoms with E-state index in [1.165, 1.54) is 23.5 Å². The molecule has 1 fully saturated rings. The van der Waals surface area contributed by atoms with E-state index in [-0.39, 0.29) is 10.8 Å². The summed E-state index contributed by atoms with van der Waals surface area (Å²) >= 11 is 1.35. The number of thiophene rings is 1. The van der Waals surface area contributed by atoms with Crippen LogP contribution >= 0.6 is 11.3 Å². The minimum atomic E-state index is -3.91. The number of hydrogen-bond acceptors (Lipinski definition) is 5. The summed E-state index contributed by atoms with van der Waals surface area (Å²) in [5.74, 6) is -0.459. The van der Waals surface area contributed by atoms with Crippen LogP contribution in [0.1, 0.15) is 39.9 Å². The van der Waals surface area contributed by atoms with Crippen LogP contribution in [0.4, 0.5) is 5.69 Å². The number of nitrogens with zero attached hydrogens (tertiary/aromatic N) is 1. The zero-order valence-electron chi connectivity index (χ0n) is 15.1. The summed E-state index contributed by atoms with van der Waals surface area (Å²) in [6.45, 7) is 4.56. The average Bonchev–Trinajstić information content (AvgIpc) is 3.25. The predicted molar refractivity (Wildman–Crippen MR) is 104 cm³/mol. The van der Waals surface area contributed by atoms with E-state index < -0.39 is 15.9 Å². The molecule has 144 valence electrons. The molecule has 2 aromatic rings. The number of aryl methyl sites for hydroxylation is 2. The van der Waals surface area contributed by atoms with Gasteiger partial charge in [-0.3, -0.25) is 15.0 Å². The Bertz CT molecular complexity index is 965. The van der Waals surface area contributed by atoms with Gasteiger partial charge in [0.25, 0.3) is 15.9 Å². The number of carbonyl (C=O) groups excluding carboxylic acids is 2. The molecule has 1 saturated heterocycles. The van der Waals surface area contributed by atoms with Crippen LogP contribution < -0.4 is 15.2 Å². The molecule has 0 atom stereocenters. The molecule has 0 aliphatic carbocycles. The van der Waals surface area contributed by atoms with Crippen molar-refractivity contribution < 1.29 is 18.0 Å². The quantitative estimate of drug-likeness (QED) is 0.719. The molecule has 1 aromatic carbocycles. The van der Waals surface area contributed by atoms with Crippen molar-refractivity contribution in [1.82, 2.24) is 10.3 Å². The van der Waals surface area contributed by atoms with Crippen molar-refractivity contribution in [2.45, 2.75) is 38.0 Å². The Morgan fingerprint density at radius 2 is 1.96 bits per heavy atom. The van der Waals surface area contributed by atoms with Gasteiger partial charge in [-0.05, 0) is 55.7 Å². The van der Waals surface area contributed by atoms with Crippen molar-refractivity contribution in [2.75, 3.05) is 11.4 Å². The summed E-state index contributed by atoms with van der Waals surface area (Å²) in [5.41, 5.74) is 3.93. The maximum Gasteiger partial charge on any atom is 0.276 e. The first-order chi connectivity index (χ1) is 12.8. The van der Waals surface area contributed by atoms with Crippen molar-refractivity contribution in [1.29, 1.82) is 0 Å². The fourth-order valence-corrected chi connectivity index (χ4v) is 4.79. The molecule has 0 radical (unpaired) electrons. The second kappa shape index (κ2) is 7.79. The van der Waals surface area contributed by atoms with E-state index in [1.807, 2.05) is 13.8 Å². The number of nitrogens with one attached hydrogen (secondary N) is 2. The minimum absolute atomic E-state index is 0.00908. The highest BCUT2D eigenvalue weighted by Gasteiger charge is 2.23. The summed E-state index contributed by atoms with van der Waals surface area (Å²) in [6.07, 6.45) is 2.13. The molecule has 9 heteroatoms. The Morgan fingerprint density at radius 3 is 2.52 bits per heavy atom. The fourth-order valence-electron chi connectivity index (χ4n) is 2.94. The Morgan fingerprint density at radius 1 is 1.26 bits per heavy atom. The van der Waals surface area contributed by atoms with Gasteiger partial charge in [0.1, 0.15) is 0 Å². The van der Waals surface area contributed by atoms with Gasteiger partial charge in [0.05, 0.1) is 9.77 Å². The van der Waals surface area contributed by atoms with E-state index in [0.717, 1.165) is 23.3 Å². The van der Waals surface area contributed by atoms with Gasteiger partial charge in [-0.1, -0.05) is 6.92 Å². The Labute approximate surface area is 162 Å².